The number of alkyl halides is 2. The van der Waals surface area contributed by atoms with E-state index in [2.05, 4.69) is 25.2 Å². The number of anilines is 1. The maximum Gasteiger partial charge on any atom is 1.00 e. The third-order valence-electron chi connectivity index (χ3n) is 6.33. The first-order valence-electron chi connectivity index (χ1n) is 12.3. The van der Waals surface area contributed by atoms with Crippen LogP contribution in [0.3, 0.4) is 0 Å². The topological polar surface area (TPSA) is 177 Å². The van der Waals surface area contributed by atoms with Crippen LogP contribution in [0, 0.1) is 0 Å². The van der Waals surface area contributed by atoms with E-state index in [0.29, 0.717) is 31.8 Å². The van der Waals surface area contributed by atoms with Crippen LogP contribution in [0.2, 0.25) is 5.02 Å². The summed E-state index contributed by atoms with van der Waals surface area (Å²) in [4.78, 5) is 44.7. The summed E-state index contributed by atoms with van der Waals surface area (Å²) in [5, 5.41) is 20.4. The van der Waals surface area contributed by atoms with Crippen molar-refractivity contribution in [2.45, 2.75) is 13.2 Å². The van der Waals surface area contributed by atoms with Crippen LogP contribution in [0.25, 0.3) is 16.9 Å². The molecule has 3 aromatic heterocycles. The van der Waals surface area contributed by atoms with Gasteiger partial charge in [-0.3, -0.25) is 24.0 Å². The standard InChI is InChI=1S/C25H23ClF2N8O5.K.H2O/c26-15-2-3-19(41-25(27)28)16(10-15)22-18(31-24(40)17-11-30-36-5-1-4-29-23(17)36)12-35(32-22)13-20(37)34-8-6-33(7-9-34)14-21(38)39;;/h1-5,10-12,25H,6-9,13-14H2,(H,31,40)(H,38,39);;1H2/q;+1;/p-1. The number of carboxylic acid groups (broad SMARTS) is 1. The second kappa shape index (κ2) is 15.1. The Bertz CT molecular complexity index is 1610. The number of fused-ring (bicyclic) bond motifs is 1. The van der Waals surface area contributed by atoms with E-state index < -0.39 is 18.5 Å². The van der Waals surface area contributed by atoms with Crippen LogP contribution < -0.4 is 61.4 Å². The molecular formula is C25H24ClF2KN8O6. The number of nitrogens with one attached hydrogen (secondary N) is 1. The largest absolute Gasteiger partial charge is 1.00 e. The van der Waals surface area contributed by atoms with Gasteiger partial charge in [0.2, 0.25) is 5.91 Å². The maximum atomic E-state index is 13.2. The van der Waals surface area contributed by atoms with Gasteiger partial charge in [0.1, 0.15) is 23.6 Å². The number of hydrogen-bond donors (Lipinski definition) is 2. The molecule has 2 amide bonds. The van der Waals surface area contributed by atoms with Gasteiger partial charge in [-0.2, -0.15) is 19.0 Å². The minimum Gasteiger partial charge on any atom is -0.870 e. The number of carboxylic acids is 1. The number of aliphatic carboxylic acids is 1. The van der Waals surface area contributed by atoms with Crippen LogP contribution in [-0.2, 0) is 16.1 Å². The van der Waals surface area contributed by atoms with Gasteiger partial charge in [0.15, 0.2) is 5.65 Å². The molecule has 1 aliphatic heterocycles. The van der Waals surface area contributed by atoms with Gasteiger partial charge in [0.05, 0.1) is 18.4 Å². The molecule has 0 saturated carbocycles. The van der Waals surface area contributed by atoms with Crippen molar-refractivity contribution in [3.63, 3.8) is 0 Å². The summed E-state index contributed by atoms with van der Waals surface area (Å²) >= 11 is 6.16. The van der Waals surface area contributed by atoms with Gasteiger partial charge in [-0.05, 0) is 24.3 Å². The molecule has 222 valence electrons. The first kappa shape index (κ1) is 34.5. The molecule has 0 spiro atoms. The molecule has 0 bridgehead atoms. The Kier molecular flexibility index (Phi) is 12.1. The third kappa shape index (κ3) is 8.33. The van der Waals surface area contributed by atoms with Crippen LogP contribution in [0.15, 0.2) is 49.1 Å². The van der Waals surface area contributed by atoms with Gasteiger partial charge >= 0.3 is 64.0 Å². The molecule has 14 nitrogen and oxygen atoms in total. The number of carbonyl (C=O) groups excluding carboxylic acids is 2. The fourth-order valence-corrected chi connectivity index (χ4v) is 4.61. The van der Waals surface area contributed by atoms with Crippen molar-refractivity contribution in [1.82, 2.24) is 34.2 Å². The Morgan fingerprint density at radius 1 is 1.14 bits per heavy atom. The van der Waals surface area contributed by atoms with E-state index in [1.165, 1.54) is 46.0 Å². The molecule has 4 heterocycles. The Labute approximate surface area is 290 Å². The van der Waals surface area contributed by atoms with E-state index in [4.69, 9.17) is 16.7 Å². The number of piperazine rings is 1. The minimum absolute atomic E-state index is 0. The third-order valence-corrected chi connectivity index (χ3v) is 6.56. The minimum atomic E-state index is -3.14. The number of amides is 2. The molecule has 0 radical (unpaired) electrons. The van der Waals surface area contributed by atoms with E-state index >= 15 is 0 Å². The molecular weight excluding hydrogens is 621 g/mol. The summed E-state index contributed by atoms with van der Waals surface area (Å²) in [6.45, 7) is -2.04. The molecule has 1 saturated heterocycles. The van der Waals surface area contributed by atoms with Crippen LogP contribution in [0.5, 0.6) is 5.75 Å². The summed E-state index contributed by atoms with van der Waals surface area (Å²) in [6, 6.07) is 5.64. The van der Waals surface area contributed by atoms with Gasteiger partial charge < -0.3 is 25.5 Å². The Hall–Kier alpha value is -3.03. The van der Waals surface area contributed by atoms with Crippen LogP contribution in [0.1, 0.15) is 10.4 Å². The van der Waals surface area contributed by atoms with Gasteiger partial charge in [-0.1, -0.05) is 11.6 Å². The van der Waals surface area contributed by atoms with Crippen molar-refractivity contribution >= 4 is 40.7 Å². The van der Waals surface area contributed by atoms with Gasteiger partial charge in [0, 0.05) is 55.4 Å². The predicted molar refractivity (Wildman–Crippen MR) is 143 cm³/mol. The first-order chi connectivity index (χ1) is 19.7. The van der Waals surface area contributed by atoms with Crippen LogP contribution >= 0.6 is 11.6 Å². The summed E-state index contributed by atoms with van der Waals surface area (Å²) in [6.07, 6.45) is 5.86. The average Bonchev–Trinajstić information content (AvgIpc) is 3.53. The van der Waals surface area contributed by atoms with Crippen LogP contribution in [-0.4, -0.2) is 102 Å². The van der Waals surface area contributed by atoms with Gasteiger partial charge in [-0.15, -0.1) is 0 Å². The Morgan fingerprint density at radius 2 is 1.88 bits per heavy atom. The van der Waals surface area contributed by atoms with Crippen molar-refractivity contribution in [2.75, 3.05) is 38.0 Å². The molecule has 3 N–H and O–H groups in total. The van der Waals surface area contributed by atoms with Crippen molar-refractivity contribution in [1.29, 1.82) is 0 Å². The molecule has 5 rings (SSSR count). The number of hydrogen-bond acceptors (Lipinski definition) is 9. The average molecular weight is 645 g/mol. The van der Waals surface area contributed by atoms with Crippen molar-refractivity contribution in [3.05, 3.63) is 59.6 Å². The normalized spacial score (nSPS) is 13.3. The number of nitrogens with zero attached hydrogens (tertiary/aromatic N) is 7. The smallest absolute Gasteiger partial charge is 0.870 e. The quantitative estimate of drug-likeness (QED) is 0.218. The van der Waals surface area contributed by atoms with Crippen molar-refractivity contribution < 1.29 is 89.9 Å². The zero-order chi connectivity index (χ0) is 29.1. The monoisotopic (exact) mass is 644 g/mol. The number of aromatic nitrogens is 5. The van der Waals surface area contributed by atoms with Crippen LogP contribution in [0.4, 0.5) is 14.5 Å². The SMILES string of the molecule is O=C(O)CN1CCN(C(=O)Cn2cc(NC(=O)c3cnn4cccnc34)c(-c3cc(Cl)ccc3OC(F)F)n2)CC1.[K+].[OH-]. The molecule has 0 aliphatic carbocycles. The molecule has 0 atom stereocenters. The van der Waals surface area contributed by atoms with Gasteiger partial charge in [0.25, 0.3) is 5.91 Å². The second-order valence-corrected chi connectivity index (χ2v) is 9.50. The van der Waals surface area contributed by atoms with Crippen molar-refractivity contribution in [3.8, 4) is 17.0 Å². The molecule has 1 aliphatic rings. The molecule has 18 heteroatoms. The Balaban J connectivity index is 0.00000253. The van der Waals surface area contributed by atoms with E-state index in [-0.39, 0.29) is 109 Å². The molecule has 43 heavy (non-hydrogen) atoms. The zero-order valence-corrected chi connectivity index (χ0v) is 26.6. The number of rotatable bonds is 9. The van der Waals surface area contributed by atoms with Gasteiger partial charge in [-0.25, -0.2) is 9.50 Å². The molecule has 0 unspecified atom stereocenters. The second-order valence-electron chi connectivity index (χ2n) is 9.06. The summed E-state index contributed by atoms with van der Waals surface area (Å²) in [7, 11) is 0. The summed E-state index contributed by atoms with van der Waals surface area (Å²) in [5.74, 6) is -2.07. The summed E-state index contributed by atoms with van der Waals surface area (Å²) < 4.78 is 33.7. The van der Waals surface area contributed by atoms with Crippen molar-refractivity contribution in [2.24, 2.45) is 0 Å². The predicted octanol–water partition coefficient (Wildman–Crippen LogP) is -0.844. The number of ether oxygens (including phenoxy) is 1. The zero-order valence-electron chi connectivity index (χ0n) is 22.7. The maximum absolute atomic E-state index is 13.2. The number of benzene rings is 1. The Morgan fingerprint density at radius 3 is 2.58 bits per heavy atom. The number of halogens is 3. The fourth-order valence-electron chi connectivity index (χ4n) is 4.44. The van der Waals surface area contributed by atoms with E-state index in [1.807, 2.05) is 0 Å². The number of carbonyl (C=O) groups is 3. The first-order valence-corrected chi connectivity index (χ1v) is 12.7. The summed E-state index contributed by atoms with van der Waals surface area (Å²) in [5.41, 5.74) is 0.653. The van der Waals surface area contributed by atoms with E-state index in [1.54, 1.807) is 22.1 Å². The molecule has 1 aromatic carbocycles. The van der Waals surface area contributed by atoms with E-state index in [0.717, 1.165) is 0 Å². The molecule has 4 aromatic rings. The van der Waals surface area contributed by atoms with E-state index in [9.17, 15) is 23.2 Å². The molecule has 1 fully saturated rings. The fraction of sp³-hybridized carbons (Fsp3) is 0.280.